The lowest BCUT2D eigenvalue weighted by Crippen LogP contribution is -2.29. The van der Waals surface area contributed by atoms with Gasteiger partial charge in [-0.25, -0.2) is 8.96 Å². The fraction of sp³-hybridized carbons (Fsp3) is 0.0571. The van der Waals surface area contributed by atoms with Crippen molar-refractivity contribution in [2.75, 3.05) is 0 Å². The van der Waals surface area contributed by atoms with E-state index in [9.17, 15) is 0 Å². The maximum atomic E-state index is 15.7. The molecule has 0 fully saturated rings. The number of imidazole rings is 1. The number of nitrogens with zero attached hydrogens (tertiary/aromatic N) is 2. The predicted octanol–water partition coefficient (Wildman–Crippen LogP) is 8.88. The summed E-state index contributed by atoms with van der Waals surface area (Å²) in [6.45, 7) is 2.09. The zero-order valence-corrected chi connectivity index (χ0v) is 22.0. The Balaban J connectivity index is 1.42. The Bertz CT molecular complexity index is 2250. The van der Waals surface area contributed by atoms with Crippen LogP contribution in [0.3, 0.4) is 0 Å². The molecule has 5 heteroatoms. The molecule has 0 N–H and O–H groups in total. The first kappa shape index (κ1) is 22.8. The molecule has 0 unspecified atom stereocenters. The van der Waals surface area contributed by atoms with E-state index < -0.39 is 0 Å². The number of hydrogen-bond donors (Lipinski definition) is 0. The van der Waals surface area contributed by atoms with Gasteiger partial charge in [-0.1, -0.05) is 54.6 Å². The lowest BCUT2D eigenvalue weighted by Gasteiger charge is -2.07. The quantitative estimate of drug-likeness (QED) is 0.217. The standard InChI is InChI=1S/C35H24FN2O2/c1-21-12-14-25-26-15-16-28(36)32(22-13-17-30-27(20-22)24-10-6-7-11-29(24)39-30)34(26)40-33(25)31(21)35-37(2)18-19-38(35)23-8-4-3-5-9-23/h3-20H,1-2H3/q+1. The van der Waals surface area contributed by atoms with Gasteiger partial charge in [-0.2, -0.15) is 4.57 Å². The number of aryl methyl sites for hydroxylation is 2. The summed E-state index contributed by atoms with van der Waals surface area (Å²) in [5.41, 5.74) is 7.17. The molecule has 0 aliphatic heterocycles. The van der Waals surface area contributed by atoms with Gasteiger partial charge in [0.1, 0.15) is 46.2 Å². The molecule has 3 heterocycles. The summed E-state index contributed by atoms with van der Waals surface area (Å²) in [7, 11) is 2.03. The summed E-state index contributed by atoms with van der Waals surface area (Å²) in [4.78, 5) is 0. The fourth-order valence-corrected chi connectivity index (χ4v) is 5.98. The van der Waals surface area contributed by atoms with Gasteiger partial charge in [0.15, 0.2) is 5.58 Å². The van der Waals surface area contributed by atoms with Gasteiger partial charge in [0.05, 0.1) is 12.6 Å². The zero-order valence-electron chi connectivity index (χ0n) is 22.0. The summed E-state index contributed by atoms with van der Waals surface area (Å²) in [5.74, 6) is 0.664. The molecule has 0 bridgehead atoms. The van der Waals surface area contributed by atoms with Gasteiger partial charge in [-0.3, -0.25) is 0 Å². The maximum Gasteiger partial charge on any atom is 0.297 e. The predicted molar refractivity (Wildman–Crippen MR) is 157 cm³/mol. The van der Waals surface area contributed by atoms with E-state index in [4.69, 9.17) is 8.83 Å². The van der Waals surface area contributed by atoms with Gasteiger partial charge in [-0.15, -0.1) is 0 Å². The molecule has 8 aromatic rings. The van der Waals surface area contributed by atoms with E-state index in [1.165, 1.54) is 6.07 Å². The number of furan rings is 2. The van der Waals surface area contributed by atoms with Crippen molar-refractivity contribution in [3.63, 3.8) is 0 Å². The number of fused-ring (bicyclic) bond motifs is 6. The SMILES string of the molecule is Cc1ccc2c(oc3c(-c4ccc5oc6ccccc6c5c4)c(F)ccc32)c1-c1n(-c2ccccc2)cc[n+]1C. The van der Waals surface area contributed by atoms with Crippen molar-refractivity contribution in [2.45, 2.75) is 6.92 Å². The average Bonchev–Trinajstić information content (AvgIpc) is 3.66. The van der Waals surface area contributed by atoms with Crippen LogP contribution in [0, 0.1) is 12.7 Å². The molecule has 8 rings (SSSR count). The minimum atomic E-state index is -0.324. The highest BCUT2D eigenvalue weighted by molar-refractivity contribution is 6.14. The summed E-state index contributed by atoms with van der Waals surface area (Å²) < 4.78 is 32.7. The molecule has 192 valence electrons. The second-order valence-electron chi connectivity index (χ2n) is 10.3. The molecule has 0 atom stereocenters. The van der Waals surface area contributed by atoms with Crippen LogP contribution in [0.4, 0.5) is 4.39 Å². The molecule has 0 radical (unpaired) electrons. The van der Waals surface area contributed by atoms with Crippen molar-refractivity contribution in [1.82, 2.24) is 4.57 Å². The highest BCUT2D eigenvalue weighted by Gasteiger charge is 2.27. The second kappa shape index (κ2) is 8.42. The van der Waals surface area contributed by atoms with Crippen molar-refractivity contribution < 1.29 is 17.8 Å². The number of aromatic nitrogens is 2. The summed E-state index contributed by atoms with van der Waals surface area (Å²) in [6.07, 6.45) is 4.10. The van der Waals surface area contributed by atoms with Gasteiger partial charge in [0.2, 0.25) is 0 Å². The molecule has 0 aliphatic carbocycles. The van der Waals surface area contributed by atoms with Gasteiger partial charge in [0.25, 0.3) is 5.82 Å². The molecule has 3 aromatic heterocycles. The Morgan fingerprint density at radius 1 is 0.675 bits per heavy atom. The van der Waals surface area contributed by atoms with Crippen LogP contribution in [-0.2, 0) is 7.05 Å². The smallest absolute Gasteiger partial charge is 0.297 e. The maximum absolute atomic E-state index is 15.7. The third kappa shape index (κ3) is 3.21. The van der Waals surface area contributed by atoms with Crippen LogP contribution in [0.2, 0.25) is 0 Å². The van der Waals surface area contributed by atoms with Crippen LogP contribution in [0.5, 0.6) is 0 Å². The van der Waals surface area contributed by atoms with Crippen molar-refractivity contribution in [2.24, 2.45) is 7.05 Å². The normalized spacial score (nSPS) is 11.9. The summed E-state index contributed by atoms with van der Waals surface area (Å²) >= 11 is 0. The summed E-state index contributed by atoms with van der Waals surface area (Å²) in [5, 5.41) is 3.78. The van der Waals surface area contributed by atoms with Crippen molar-refractivity contribution in [3.8, 4) is 28.2 Å². The largest absolute Gasteiger partial charge is 0.456 e. The molecular weight excluding hydrogens is 499 g/mol. The molecule has 0 saturated carbocycles. The highest BCUT2D eigenvalue weighted by Crippen LogP contribution is 2.43. The molecule has 4 nitrogen and oxygen atoms in total. The molecule has 5 aromatic carbocycles. The van der Waals surface area contributed by atoms with E-state index in [-0.39, 0.29) is 5.82 Å². The average molecular weight is 524 g/mol. The minimum Gasteiger partial charge on any atom is -0.456 e. The van der Waals surface area contributed by atoms with E-state index in [0.717, 1.165) is 66.5 Å². The van der Waals surface area contributed by atoms with E-state index >= 15 is 4.39 Å². The topological polar surface area (TPSA) is 35.1 Å². The molecule has 40 heavy (non-hydrogen) atoms. The Hall–Kier alpha value is -5.16. The van der Waals surface area contributed by atoms with E-state index in [1.54, 1.807) is 0 Å². The first-order valence-corrected chi connectivity index (χ1v) is 13.3. The number of benzene rings is 5. The van der Waals surface area contributed by atoms with E-state index in [2.05, 4.69) is 46.5 Å². The van der Waals surface area contributed by atoms with E-state index in [0.29, 0.717) is 11.1 Å². The Kier molecular flexibility index (Phi) is 4.80. The lowest BCUT2D eigenvalue weighted by atomic mass is 9.98. The Morgan fingerprint density at radius 2 is 1.40 bits per heavy atom. The monoisotopic (exact) mass is 523 g/mol. The number of hydrogen-bond acceptors (Lipinski definition) is 2. The van der Waals surface area contributed by atoms with Crippen molar-refractivity contribution in [1.29, 1.82) is 0 Å². The fourth-order valence-electron chi connectivity index (χ4n) is 5.98. The first-order chi connectivity index (χ1) is 19.6. The van der Waals surface area contributed by atoms with Gasteiger partial charge >= 0.3 is 0 Å². The van der Waals surface area contributed by atoms with Gasteiger partial charge in [-0.05, 0) is 60.5 Å². The molecular formula is C35H24FN2O2+. The third-order valence-corrected chi connectivity index (χ3v) is 7.89. The van der Waals surface area contributed by atoms with Crippen LogP contribution in [0.25, 0.3) is 72.1 Å². The van der Waals surface area contributed by atoms with Crippen LogP contribution < -0.4 is 4.57 Å². The molecule has 0 saturated heterocycles. The van der Waals surface area contributed by atoms with Gasteiger partial charge in [0, 0.05) is 21.5 Å². The Labute approximate surface area is 229 Å². The number of rotatable bonds is 3. The van der Waals surface area contributed by atoms with E-state index in [1.807, 2.05) is 80.0 Å². The van der Waals surface area contributed by atoms with Gasteiger partial charge < -0.3 is 8.83 Å². The minimum absolute atomic E-state index is 0.324. The summed E-state index contributed by atoms with van der Waals surface area (Å²) in [6, 6.07) is 31.5. The third-order valence-electron chi connectivity index (χ3n) is 7.89. The highest BCUT2D eigenvalue weighted by atomic mass is 19.1. The van der Waals surface area contributed by atoms with Crippen LogP contribution >= 0.6 is 0 Å². The Morgan fingerprint density at radius 3 is 2.25 bits per heavy atom. The lowest BCUT2D eigenvalue weighted by molar-refractivity contribution is -0.659. The zero-order chi connectivity index (χ0) is 27.0. The molecule has 0 aliphatic rings. The van der Waals surface area contributed by atoms with Crippen molar-refractivity contribution in [3.05, 3.63) is 121 Å². The van der Waals surface area contributed by atoms with Crippen LogP contribution in [0.1, 0.15) is 5.56 Å². The first-order valence-electron chi connectivity index (χ1n) is 13.3. The number of halogens is 1. The number of para-hydroxylation sites is 2. The second-order valence-corrected chi connectivity index (χ2v) is 10.3. The molecule has 0 spiro atoms. The molecule has 0 amide bonds. The van der Waals surface area contributed by atoms with Crippen LogP contribution in [0.15, 0.2) is 118 Å². The van der Waals surface area contributed by atoms with Crippen LogP contribution in [-0.4, -0.2) is 4.57 Å². The van der Waals surface area contributed by atoms with Crippen molar-refractivity contribution >= 4 is 43.9 Å².